The van der Waals surface area contributed by atoms with Crippen molar-refractivity contribution in [2.75, 3.05) is 46.0 Å². The van der Waals surface area contributed by atoms with Crippen molar-refractivity contribution in [2.24, 2.45) is 17.8 Å². The summed E-state index contributed by atoms with van der Waals surface area (Å²) in [5, 5.41) is 16.5. The molecular formula is C28H40N4O5S. The number of rotatable bonds is 10. The van der Waals surface area contributed by atoms with Crippen LogP contribution in [0, 0.1) is 17.8 Å². The topological polar surface area (TPSA) is 111 Å². The Hall–Kier alpha value is -2.14. The van der Waals surface area contributed by atoms with Gasteiger partial charge in [0.05, 0.1) is 42.4 Å². The van der Waals surface area contributed by atoms with E-state index in [2.05, 4.69) is 15.5 Å². The van der Waals surface area contributed by atoms with Crippen LogP contribution in [0.3, 0.4) is 0 Å². The molecule has 2 unspecified atom stereocenters. The zero-order valence-electron chi connectivity index (χ0n) is 22.3. The average Bonchev–Trinajstić information content (AvgIpc) is 3.56. The zero-order chi connectivity index (χ0) is 26.9. The Morgan fingerprint density at radius 1 is 1.16 bits per heavy atom. The number of ether oxygens (including phenoxy) is 1. The van der Waals surface area contributed by atoms with E-state index in [1.807, 2.05) is 44.2 Å². The van der Waals surface area contributed by atoms with Crippen molar-refractivity contribution in [3.8, 4) is 0 Å². The minimum absolute atomic E-state index is 0.0112. The van der Waals surface area contributed by atoms with Crippen LogP contribution < -0.4 is 10.6 Å². The standard InChI is InChI=1S/C28H40N4O5S/c1-18(2)20(17-33)32-24(26(35)29-10-11-31-12-14-37-15-13-31)28-9-8-21(38-28)22(23(28)27(32)36)25(34)30-16-19-6-4-3-5-7-19/h3-7,18,20-24,33H,8-17H2,1-2H3,(H,29,35)(H,30,34)/t20-,21-,22+,23-,24?,28?/m0/s1. The third-order valence-electron chi connectivity index (χ3n) is 8.74. The number of hydrogen-bond acceptors (Lipinski definition) is 7. The van der Waals surface area contributed by atoms with Crippen molar-refractivity contribution < 1.29 is 24.2 Å². The van der Waals surface area contributed by atoms with Crippen LogP contribution in [-0.4, -0.2) is 101 Å². The lowest BCUT2D eigenvalue weighted by Crippen LogP contribution is -2.58. The summed E-state index contributed by atoms with van der Waals surface area (Å²) in [5.74, 6) is -1.54. The Morgan fingerprint density at radius 3 is 2.58 bits per heavy atom. The lowest BCUT2D eigenvalue weighted by molar-refractivity contribution is -0.143. The van der Waals surface area contributed by atoms with Gasteiger partial charge >= 0.3 is 0 Å². The first-order chi connectivity index (χ1) is 18.4. The molecule has 10 heteroatoms. The zero-order valence-corrected chi connectivity index (χ0v) is 23.1. The molecule has 2 bridgehead atoms. The average molecular weight is 545 g/mol. The number of aliphatic hydroxyl groups excluding tert-OH is 1. The molecule has 4 heterocycles. The quantitative estimate of drug-likeness (QED) is 0.401. The number of nitrogens with zero attached hydrogens (tertiary/aromatic N) is 2. The van der Waals surface area contributed by atoms with Crippen LogP contribution in [0.25, 0.3) is 0 Å². The van der Waals surface area contributed by atoms with Gasteiger partial charge in [-0.2, -0.15) is 0 Å². The highest BCUT2D eigenvalue weighted by molar-refractivity contribution is 8.02. The van der Waals surface area contributed by atoms with Crippen molar-refractivity contribution in [1.82, 2.24) is 20.4 Å². The van der Waals surface area contributed by atoms with Gasteiger partial charge in [-0.1, -0.05) is 44.2 Å². The third kappa shape index (κ3) is 4.96. The van der Waals surface area contributed by atoms with Gasteiger partial charge in [0.2, 0.25) is 17.7 Å². The van der Waals surface area contributed by atoms with E-state index in [1.54, 1.807) is 16.7 Å². The van der Waals surface area contributed by atoms with Crippen molar-refractivity contribution in [3.63, 3.8) is 0 Å². The van der Waals surface area contributed by atoms with Gasteiger partial charge in [-0.05, 0) is 24.3 Å². The minimum Gasteiger partial charge on any atom is -0.394 e. The van der Waals surface area contributed by atoms with Crippen molar-refractivity contribution in [3.05, 3.63) is 35.9 Å². The second kappa shape index (κ2) is 11.5. The summed E-state index contributed by atoms with van der Waals surface area (Å²) in [6.45, 7) is 8.39. The summed E-state index contributed by atoms with van der Waals surface area (Å²) in [5.41, 5.74) is 1.00. The molecule has 208 valence electrons. The van der Waals surface area contributed by atoms with Gasteiger partial charge in [-0.3, -0.25) is 19.3 Å². The molecule has 0 saturated carbocycles. The molecule has 3 N–H and O–H groups in total. The number of likely N-dealkylation sites (tertiary alicyclic amines) is 1. The van der Waals surface area contributed by atoms with Crippen LogP contribution in [0.1, 0.15) is 32.3 Å². The molecule has 6 atom stereocenters. The lowest BCUT2D eigenvalue weighted by Gasteiger charge is -2.38. The number of morpholine rings is 1. The smallest absolute Gasteiger partial charge is 0.244 e. The van der Waals surface area contributed by atoms with Gasteiger partial charge < -0.3 is 25.4 Å². The Kier molecular flexibility index (Phi) is 8.33. The number of carbonyl (C=O) groups is 3. The van der Waals surface area contributed by atoms with Gasteiger partial charge in [-0.25, -0.2) is 0 Å². The molecule has 4 saturated heterocycles. The molecule has 0 radical (unpaired) electrons. The summed E-state index contributed by atoms with van der Waals surface area (Å²) >= 11 is 1.66. The minimum atomic E-state index is -0.703. The molecule has 1 spiro atoms. The fraction of sp³-hybridized carbons (Fsp3) is 0.679. The number of carbonyl (C=O) groups excluding carboxylic acids is 3. The Morgan fingerprint density at radius 2 is 1.89 bits per heavy atom. The molecule has 3 amide bonds. The van der Waals surface area contributed by atoms with E-state index in [0.717, 1.165) is 38.0 Å². The molecule has 4 fully saturated rings. The van der Waals surface area contributed by atoms with Crippen LogP contribution in [-0.2, 0) is 25.7 Å². The molecule has 4 aliphatic rings. The maximum Gasteiger partial charge on any atom is 0.244 e. The summed E-state index contributed by atoms with van der Waals surface area (Å²) < 4.78 is 4.76. The van der Waals surface area contributed by atoms with E-state index in [1.165, 1.54) is 0 Å². The molecule has 1 aromatic rings. The van der Waals surface area contributed by atoms with E-state index in [4.69, 9.17) is 4.74 Å². The van der Waals surface area contributed by atoms with E-state index < -0.39 is 28.7 Å². The Balaban J connectivity index is 1.36. The number of amides is 3. The van der Waals surface area contributed by atoms with E-state index in [0.29, 0.717) is 26.3 Å². The van der Waals surface area contributed by atoms with Crippen molar-refractivity contribution >= 4 is 29.5 Å². The summed E-state index contributed by atoms with van der Waals surface area (Å²) in [6.07, 6.45) is 1.52. The highest BCUT2D eigenvalue weighted by atomic mass is 32.2. The van der Waals surface area contributed by atoms with Crippen LogP contribution in [0.15, 0.2) is 30.3 Å². The van der Waals surface area contributed by atoms with Crippen LogP contribution in [0.2, 0.25) is 0 Å². The second-order valence-corrected chi connectivity index (χ2v) is 12.8. The first-order valence-electron chi connectivity index (χ1n) is 13.9. The monoisotopic (exact) mass is 544 g/mol. The number of thioether (sulfide) groups is 1. The van der Waals surface area contributed by atoms with Gasteiger partial charge in [0, 0.05) is 38.0 Å². The van der Waals surface area contributed by atoms with Gasteiger partial charge in [0.25, 0.3) is 0 Å². The first kappa shape index (κ1) is 27.4. The molecule has 1 aromatic carbocycles. The van der Waals surface area contributed by atoms with E-state index in [9.17, 15) is 19.5 Å². The van der Waals surface area contributed by atoms with E-state index >= 15 is 0 Å². The Labute approximate surface area is 229 Å². The maximum absolute atomic E-state index is 14.1. The predicted molar refractivity (Wildman–Crippen MR) is 145 cm³/mol. The number of nitrogens with one attached hydrogen (secondary N) is 2. The highest BCUT2D eigenvalue weighted by Gasteiger charge is 2.74. The second-order valence-electron chi connectivity index (χ2n) is 11.2. The predicted octanol–water partition coefficient (Wildman–Crippen LogP) is 0.859. The normalized spacial score (nSPS) is 31.5. The first-order valence-corrected chi connectivity index (χ1v) is 14.8. The molecule has 38 heavy (non-hydrogen) atoms. The highest BCUT2D eigenvalue weighted by Crippen LogP contribution is 2.66. The molecule has 9 nitrogen and oxygen atoms in total. The third-order valence-corrected chi connectivity index (χ3v) is 10.7. The van der Waals surface area contributed by atoms with Crippen LogP contribution in [0.4, 0.5) is 0 Å². The van der Waals surface area contributed by atoms with Gasteiger partial charge in [-0.15, -0.1) is 11.8 Å². The maximum atomic E-state index is 14.1. The SMILES string of the molecule is CC(C)[C@H](CO)N1C(=O)[C@@H]2[C@H](C(=O)NCc3ccccc3)[C@@H]3CCC2(S3)C1C(=O)NCCN1CCOCC1. The molecule has 0 aromatic heterocycles. The number of hydrogen-bond donors (Lipinski definition) is 3. The fourth-order valence-corrected chi connectivity index (χ4v) is 9.04. The molecular weight excluding hydrogens is 504 g/mol. The number of fused-ring (bicyclic) bond motifs is 1. The van der Waals surface area contributed by atoms with Crippen molar-refractivity contribution in [2.45, 2.75) is 55.3 Å². The van der Waals surface area contributed by atoms with Crippen molar-refractivity contribution in [1.29, 1.82) is 0 Å². The molecule has 0 aliphatic carbocycles. The summed E-state index contributed by atoms with van der Waals surface area (Å²) in [6, 6.07) is 8.55. The van der Waals surface area contributed by atoms with Crippen LogP contribution >= 0.6 is 11.8 Å². The molecule has 5 rings (SSSR count). The summed E-state index contributed by atoms with van der Waals surface area (Å²) in [7, 11) is 0. The summed E-state index contributed by atoms with van der Waals surface area (Å²) in [4.78, 5) is 45.4. The van der Waals surface area contributed by atoms with Gasteiger partial charge in [0.15, 0.2) is 0 Å². The van der Waals surface area contributed by atoms with E-state index in [-0.39, 0.29) is 35.5 Å². The number of benzene rings is 1. The number of aliphatic hydroxyl groups is 1. The largest absolute Gasteiger partial charge is 0.394 e. The van der Waals surface area contributed by atoms with Gasteiger partial charge in [0.1, 0.15) is 6.04 Å². The molecule has 4 aliphatic heterocycles. The van der Waals surface area contributed by atoms with Crippen LogP contribution in [0.5, 0.6) is 0 Å². The fourth-order valence-electron chi connectivity index (χ4n) is 6.83. The lowest BCUT2D eigenvalue weighted by atomic mass is 9.70. The Bertz CT molecular complexity index is 1020.